The highest BCUT2D eigenvalue weighted by Gasteiger charge is 2.17. The van der Waals surface area contributed by atoms with Gasteiger partial charge in [-0.05, 0) is 184 Å². The second-order valence-corrected chi connectivity index (χ2v) is 13.5. The van der Waals surface area contributed by atoms with Gasteiger partial charge in [-0.2, -0.15) is 0 Å². The van der Waals surface area contributed by atoms with Gasteiger partial charge in [0.25, 0.3) is 0 Å². The molecule has 0 saturated heterocycles. The Balaban J connectivity index is 1.49. The molecule has 0 unspecified atom stereocenters. The highest BCUT2D eigenvalue weighted by atomic mass is 14.2. The van der Waals surface area contributed by atoms with Crippen LogP contribution in [0.2, 0.25) is 0 Å². The van der Waals surface area contributed by atoms with Crippen molar-refractivity contribution >= 4 is 0 Å². The maximum Gasteiger partial charge on any atom is -0.00176 e. The molecule has 5 aromatic rings. The Morgan fingerprint density at radius 2 is 0.727 bits per heavy atom. The smallest absolute Gasteiger partial charge is 0.00176 e. The van der Waals surface area contributed by atoms with Crippen LogP contribution in [0.15, 0.2) is 72.8 Å². The summed E-state index contributed by atoms with van der Waals surface area (Å²) in [5, 5.41) is 0. The van der Waals surface area contributed by atoms with Gasteiger partial charge in [0.15, 0.2) is 0 Å². The summed E-state index contributed by atoms with van der Waals surface area (Å²) in [6.45, 7) is 22.8. The zero-order chi connectivity index (χ0) is 31.7. The van der Waals surface area contributed by atoms with Gasteiger partial charge < -0.3 is 0 Å². The van der Waals surface area contributed by atoms with Gasteiger partial charge in [0, 0.05) is 0 Å². The molecule has 0 aliphatic carbocycles. The molecule has 0 radical (unpaired) electrons. The maximum atomic E-state index is 2.45. The van der Waals surface area contributed by atoms with Crippen LogP contribution in [0.5, 0.6) is 0 Å². The fourth-order valence-corrected chi connectivity index (χ4v) is 6.90. The van der Waals surface area contributed by atoms with Crippen molar-refractivity contribution in [3.63, 3.8) is 0 Å². The zero-order valence-corrected chi connectivity index (χ0v) is 28.8. The van der Waals surface area contributed by atoms with Gasteiger partial charge >= 0.3 is 0 Å². The molecule has 0 atom stereocenters. The highest BCUT2D eigenvalue weighted by molar-refractivity contribution is 5.53. The van der Waals surface area contributed by atoms with Crippen molar-refractivity contribution in [2.24, 2.45) is 0 Å². The molecule has 0 aliphatic rings. The Bertz CT molecular complexity index is 1810. The first-order valence-corrected chi connectivity index (χ1v) is 16.3. The van der Waals surface area contributed by atoms with E-state index in [9.17, 15) is 0 Å². The molecule has 0 fully saturated rings. The first-order valence-electron chi connectivity index (χ1n) is 16.3. The lowest BCUT2D eigenvalue weighted by Gasteiger charge is -2.22. The first-order chi connectivity index (χ1) is 20.9. The summed E-state index contributed by atoms with van der Waals surface area (Å²) in [5.41, 5.74) is 25.6. The van der Waals surface area contributed by atoms with Gasteiger partial charge in [-0.25, -0.2) is 0 Å². The van der Waals surface area contributed by atoms with E-state index in [-0.39, 0.29) is 0 Å². The minimum atomic E-state index is 0.972. The first kappa shape index (κ1) is 31.5. The van der Waals surface area contributed by atoms with Crippen LogP contribution in [0.1, 0.15) is 100 Å². The van der Waals surface area contributed by atoms with Crippen LogP contribution < -0.4 is 0 Å². The molecule has 0 heterocycles. The van der Waals surface area contributed by atoms with Crippen LogP contribution in [0, 0.1) is 69.2 Å². The molecule has 0 saturated carbocycles. The van der Waals surface area contributed by atoms with E-state index in [1.54, 1.807) is 0 Å². The minimum absolute atomic E-state index is 0.972. The van der Waals surface area contributed by atoms with Gasteiger partial charge in [0.05, 0.1) is 0 Å². The number of hydrogen-bond donors (Lipinski definition) is 0. The van der Waals surface area contributed by atoms with Crippen LogP contribution >= 0.6 is 0 Å². The fourth-order valence-electron chi connectivity index (χ4n) is 6.90. The molecular weight excluding hydrogens is 528 g/mol. The molecular formula is C44H50. The molecule has 5 rings (SSSR count). The normalized spacial score (nSPS) is 11.3. The maximum absolute atomic E-state index is 2.45. The van der Waals surface area contributed by atoms with E-state index in [1.807, 2.05) is 0 Å². The average Bonchev–Trinajstić information content (AvgIpc) is 3.00. The number of benzene rings is 5. The molecule has 0 spiro atoms. The van der Waals surface area contributed by atoms with Gasteiger partial charge in [-0.3, -0.25) is 0 Å². The topological polar surface area (TPSA) is 0 Å². The summed E-state index contributed by atoms with van der Waals surface area (Å²) in [4.78, 5) is 0. The Hall–Kier alpha value is -3.90. The van der Waals surface area contributed by atoms with Crippen molar-refractivity contribution in [3.8, 4) is 0 Å². The largest absolute Gasteiger partial charge is 0.0590 e. The molecule has 0 amide bonds. The highest BCUT2D eigenvalue weighted by Crippen LogP contribution is 2.32. The number of aryl methyl sites for hydroxylation is 5. The van der Waals surface area contributed by atoms with E-state index in [1.165, 1.54) is 100 Å². The molecule has 0 heteroatoms. The molecule has 226 valence electrons. The Morgan fingerprint density at radius 3 is 1.20 bits per heavy atom. The third kappa shape index (κ3) is 6.61. The third-order valence-electron chi connectivity index (χ3n) is 10.4. The van der Waals surface area contributed by atoms with Crippen LogP contribution in [-0.2, 0) is 25.7 Å². The Morgan fingerprint density at radius 1 is 0.318 bits per heavy atom. The summed E-state index contributed by atoms with van der Waals surface area (Å²) in [6, 6.07) is 27.7. The van der Waals surface area contributed by atoms with E-state index in [2.05, 4.69) is 142 Å². The minimum Gasteiger partial charge on any atom is -0.0590 e. The standard InChI is InChI=1S/C44H50/c1-27-11-16-37(17-12-27)23-42-29(3)15-20-39(34(42)8)26-44-33(7)31(5)22-41(36(44)10)25-40-21-30(4)32(6)43(35(40)9)24-38-18-13-28(2)14-19-38/h11-22H,23-26H2,1-10H3. The summed E-state index contributed by atoms with van der Waals surface area (Å²) in [6.07, 6.45) is 3.92. The molecule has 0 bridgehead atoms. The van der Waals surface area contributed by atoms with Crippen molar-refractivity contribution in [3.05, 3.63) is 173 Å². The lowest BCUT2D eigenvalue weighted by atomic mass is 9.83. The monoisotopic (exact) mass is 578 g/mol. The van der Waals surface area contributed by atoms with Gasteiger partial charge in [0.2, 0.25) is 0 Å². The summed E-state index contributed by atoms with van der Waals surface area (Å²) in [7, 11) is 0. The Kier molecular flexibility index (Phi) is 9.31. The summed E-state index contributed by atoms with van der Waals surface area (Å²) >= 11 is 0. The van der Waals surface area contributed by atoms with E-state index < -0.39 is 0 Å². The predicted molar refractivity (Wildman–Crippen MR) is 191 cm³/mol. The van der Waals surface area contributed by atoms with Gasteiger partial charge in [0.1, 0.15) is 0 Å². The molecule has 44 heavy (non-hydrogen) atoms. The van der Waals surface area contributed by atoms with E-state index >= 15 is 0 Å². The van der Waals surface area contributed by atoms with Crippen LogP contribution in [0.3, 0.4) is 0 Å². The van der Waals surface area contributed by atoms with Crippen molar-refractivity contribution in [1.29, 1.82) is 0 Å². The summed E-state index contributed by atoms with van der Waals surface area (Å²) in [5.74, 6) is 0. The summed E-state index contributed by atoms with van der Waals surface area (Å²) < 4.78 is 0. The Labute approximate surface area is 267 Å². The predicted octanol–water partition coefficient (Wildman–Crippen LogP) is 11.1. The number of hydrogen-bond acceptors (Lipinski definition) is 0. The molecule has 0 aromatic heterocycles. The second-order valence-electron chi connectivity index (χ2n) is 13.5. The average molecular weight is 579 g/mol. The van der Waals surface area contributed by atoms with E-state index in [4.69, 9.17) is 0 Å². The molecule has 0 nitrogen and oxygen atoms in total. The van der Waals surface area contributed by atoms with Crippen molar-refractivity contribution in [2.45, 2.75) is 94.9 Å². The molecule has 0 N–H and O–H groups in total. The zero-order valence-electron chi connectivity index (χ0n) is 28.8. The quantitative estimate of drug-likeness (QED) is 0.172. The van der Waals surface area contributed by atoms with Gasteiger partial charge in [-0.1, -0.05) is 83.9 Å². The molecule has 5 aromatic carbocycles. The van der Waals surface area contributed by atoms with Crippen LogP contribution in [-0.4, -0.2) is 0 Å². The van der Waals surface area contributed by atoms with Crippen molar-refractivity contribution in [1.82, 2.24) is 0 Å². The lowest BCUT2D eigenvalue weighted by molar-refractivity contribution is 1.01. The SMILES string of the molecule is Cc1ccc(Cc2c(C)ccc(Cc3c(C)c(C)cc(Cc4cc(C)c(C)c(Cc5ccc(C)cc5)c4C)c3C)c2C)cc1. The molecule has 0 aliphatic heterocycles. The third-order valence-corrected chi connectivity index (χ3v) is 10.4. The van der Waals surface area contributed by atoms with E-state index in [0.717, 1.165) is 25.7 Å². The lowest BCUT2D eigenvalue weighted by Crippen LogP contribution is -2.08. The fraction of sp³-hybridized carbons (Fsp3) is 0.318. The van der Waals surface area contributed by atoms with Crippen LogP contribution in [0.4, 0.5) is 0 Å². The van der Waals surface area contributed by atoms with E-state index in [0.29, 0.717) is 0 Å². The van der Waals surface area contributed by atoms with Gasteiger partial charge in [-0.15, -0.1) is 0 Å². The number of rotatable bonds is 8. The second kappa shape index (κ2) is 13.0. The van der Waals surface area contributed by atoms with Crippen molar-refractivity contribution in [2.75, 3.05) is 0 Å². The van der Waals surface area contributed by atoms with Crippen molar-refractivity contribution < 1.29 is 0 Å². The van der Waals surface area contributed by atoms with Crippen LogP contribution in [0.25, 0.3) is 0 Å².